The maximum atomic E-state index is 5.47. The first kappa shape index (κ1) is 15.9. The molecule has 1 fully saturated rings. The molecule has 1 aromatic carbocycles. The molecule has 0 unspecified atom stereocenters. The van der Waals surface area contributed by atoms with Crippen LogP contribution < -0.4 is 19.5 Å². The third-order valence-electron chi connectivity index (χ3n) is 4.05. The third-order valence-corrected chi connectivity index (χ3v) is 4.05. The lowest BCUT2D eigenvalue weighted by Crippen LogP contribution is -2.45. The second-order valence-electron chi connectivity index (χ2n) is 5.17. The third kappa shape index (κ3) is 3.41. The number of rotatable bonds is 6. The standard InChI is InChI=1S/C16H26N2O3/c1-5-13(18-8-6-17-7-9-18)12-10-14(19-2)16(21-4)15(11-12)20-3/h10-11,13,17H,5-9H2,1-4H3/t13-/m0/s1. The Bertz CT molecular complexity index is 434. The Morgan fingerprint density at radius 1 is 1.05 bits per heavy atom. The zero-order valence-electron chi connectivity index (χ0n) is 13.4. The minimum atomic E-state index is 0.376. The maximum Gasteiger partial charge on any atom is 0.203 e. The van der Waals surface area contributed by atoms with E-state index in [4.69, 9.17) is 14.2 Å². The largest absolute Gasteiger partial charge is 0.493 e. The van der Waals surface area contributed by atoms with Crippen LogP contribution >= 0.6 is 0 Å². The monoisotopic (exact) mass is 294 g/mol. The molecule has 0 amide bonds. The summed E-state index contributed by atoms with van der Waals surface area (Å²) < 4.78 is 16.3. The fraction of sp³-hybridized carbons (Fsp3) is 0.625. The van der Waals surface area contributed by atoms with Crippen LogP contribution in [0.3, 0.4) is 0 Å². The average molecular weight is 294 g/mol. The van der Waals surface area contributed by atoms with E-state index in [1.54, 1.807) is 21.3 Å². The van der Waals surface area contributed by atoms with Gasteiger partial charge in [0.25, 0.3) is 0 Å². The van der Waals surface area contributed by atoms with Crippen LogP contribution in [0.4, 0.5) is 0 Å². The molecular formula is C16H26N2O3. The van der Waals surface area contributed by atoms with Crippen LogP contribution in [0.15, 0.2) is 12.1 Å². The summed E-state index contributed by atoms with van der Waals surface area (Å²) in [4.78, 5) is 2.51. The van der Waals surface area contributed by atoms with Crippen LogP contribution in [-0.4, -0.2) is 52.4 Å². The molecule has 1 aliphatic rings. The van der Waals surface area contributed by atoms with E-state index in [1.807, 2.05) is 0 Å². The Labute approximate surface area is 127 Å². The van der Waals surface area contributed by atoms with Gasteiger partial charge in [0.1, 0.15) is 0 Å². The van der Waals surface area contributed by atoms with Gasteiger partial charge in [0.2, 0.25) is 5.75 Å². The summed E-state index contributed by atoms with van der Waals surface area (Å²) >= 11 is 0. The van der Waals surface area contributed by atoms with Gasteiger partial charge in [0.05, 0.1) is 21.3 Å². The average Bonchev–Trinajstić information content (AvgIpc) is 2.55. The van der Waals surface area contributed by atoms with Gasteiger partial charge in [-0.2, -0.15) is 0 Å². The lowest BCUT2D eigenvalue weighted by atomic mass is 10.0. The summed E-state index contributed by atoms with van der Waals surface area (Å²) in [5.41, 5.74) is 1.22. The minimum Gasteiger partial charge on any atom is -0.493 e. The van der Waals surface area contributed by atoms with Crippen LogP contribution in [0.1, 0.15) is 24.9 Å². The first-order valence-corrected chi connectivity index (χ1v) is 7.49. The number of hydrogen-bond donors (Lipinski definition) is 1. The lowest BCUT2D eigenvalue weighted by molar-refractivity contribution is 0.168. The summed E-state index contributed by atoms with van der Waals surface area (Å²) in [5, 5.41) is 3.40. The zero-order chi connectivity index (χ0) is 15.2. The highest BCUT2D eigenvalue weighted by Gasteiger charge is 2.23. The maximum absolute atomic E-state index is 5.47. The van der Waals surface area contributed by atoms with Crippen LogP contribution in [-0.2, 0) is 0 Å². The van der Waals surface area contributed by atoms with Crippen molar-refractivity contribution in [3.8, 4) is 17.2 Å². The van der Waals surface area contributed by atoms with E-state index in [0.717, 1.165) is 44.1 Å². The van der Waals surface area contributed by atoms with Crippen LogP contribution in [0.25, 0.3) is 0 Å². The van der Waals surface area contributed by atoms with E-state index in [9.17, 15) is 0 Å². The number of piperazine rings is 1. The molecule has 1 aromatic rings. The van der Waals surface area contributed by atoms with Gasteiger partial charge in [-0.1, -0.05) is 6.92 Å². The predicted octanol–water partition coefficient (Wildman–Crippen LogP) is 2.07. The molecule has 5 nitrogen and oxygen atoms in total. The van der Waals surface area contributed by atoms with Crippen molar-refractivity contribution in [2.45, 2.75) is 19.4 Å². The fourth-order valence-electron chi connectivity index (χ4n) is 2.99. The van der Waals surface area contributed by atoms with E-state index in [2.05, 4.69) is 29.3 Å². The number of nitrogens with one attached hydrogen (secondary N) is 1. The molecule has 0 bridgehead atoms. The molecule has 5 heteroatoms. The van der Waals surface area contributed by atoms with Crippen molar-refractivity contribution in [1.82, 2.24) is 10.2 Å². The van der Waals surface area contributed by atoms with Gasteiger partial charge in [0, 0.05) is 32.2 Å². The topological polar surface area (TPSA) is 43.0 Å². The summed E-state index contributed by atoms with van der Waals surface area (Å²) in [6.45, 7) is 6.43. The molecule has 1 heterocycles. The first-order chi connectivity index (χ1) is 10.2. The molecule has 0 radical (unpaired) electrons. The van der Waals surface area contributed by atoms with Crippen LogP contribution in [0.2, 0.25) is 0 Å². The van der Waals surface area contributed by atoms with Gasteiger partial charge in [-0.25, -0.2) is 0 Å². The molecular weight excluding hydrogens is 268 g/mol. The van der Waals surface area contributed by atoms with E-state index in [0.29, 0.717) is 11.8 Å². The number of nitrogens with zero attached hydrogens (tertiary/aromatic N) is 1. The quantitative estimate of drug-likeness (QED) is 0.870. The molecule has 1 saturated heterocycles. The SMILES string of the molecule is CC[C@@H](c1cc(OC)c(OC)c(OC)c1)N1CCNCC1. The van der Waals surface area contributed by atoms with Crippen molar-refractivity contribution in [3.05, 3.63) is 17.7 Å². The number of benzene rings is 1. The summed E-state index contributed by atoms with van der Waals surface area (Å²) in [6, 6.07) is 4.51. The number of methoxy groups -OCH3 is 3. The Morgan fingerprint density at radius 3 is 2.05 bits per heavy atom. The van der Waals surface area contributed by atoms with Crippen molar-refractivity contribution in [2.75, 3.05) is 47.5 Å². The highest BCUT2D eigenvalue weighted by molar-refractivity contribution is 5.54. The van der Waals surface area contributed by atoms with E-state index < -0.39 is 0 Å². The highest BCUT2D eigenvalue weighted by Crippen LogP contribution is 2.41. The Kier molecular flexibility index (Phi) is 5.70. The van der Waals surface area contributed by atoms with Crippen molar-refractivity contribution >= 4 is 0 Å². The number of hydrogen-bond acceptors (Lipinski definition) is 5. The summed E-state index contributed by atoms with van der Waals surface area (Å²) in [6.07, 6.45) is 1.05. The molecule has 1 atom stereocenters. The molecule has 2 rings (SSSR count). The van der Waals surface area contributed by atoms with Crippen molar-refractivity contribution in [1.29, 1.82) is 0 Å². The molecule has 118 valence electrons. The van der Waals surface area contributed by atoms with Gasteiger partial charge in [0.15, 0.2) is 11.5 Å². The van der Waals surface area contributed by atoms with Gasteiger partial charge in [-0.15, -0.1) is 0 Å². The highest BCUT2D eigenvalue weighted by atomic mass is 16.5. The molecule has 21 heavy (non-hydrogen) atoms. The second kappa shape index (κ2) is 7.52. The van der Waals surface area contributed by atoms with Gasteiger partial charge in [-0.05, 0) is 24.1 Å². The summed E-state index contributed by atoms with van der Waals surface area (Å²) in [7, 11) is 4.95. The molecule has 0 aromatic heterocycles. The summed E-state index contributed by atoms with van der Waals surface area (Å²) in [5.74, 6) is 2.10. The van der Waals surface area contributed by atoms with Crippen molar-refractivity contribution in [2.24, 2.45) is 0 Å². The second-order valence-corrected chi connectivity index (χ2v) is 5.17. The van der Waals surface area contributed by atoms with E-state index in [1.165, 1.54) is 5.56 Å². The lowest BCUT2D eigenvalue weighted by Gasteiger charge is -2.35. The smallest absolute Gasteiger partial charge is 0.203 e. The van der Waals surface area contributed by atoms with Gasteiger partial charge >= 0.3 is 0 Å². The minimum absolute atomic E-state index is 0.376. The van der Waals surface area contributed by atoms with E-state index >= 15 is 0 Å². The zero-order valence-corrected chi connectivity index (χ0v) is 13.4. The first-order valence-electron chi connectivity index (χ1n) is 7.49. The van der Waals surface area contributed by atoms with E-state index in [-0.39, 0.29) is 0 Å². The van der Waals surface area contributed by atoms with Gasteiger partial charge < -0.3 is 19.5 Å². The molecule has 0 saturated carbocycles. The number of ether oxygens (including phenoxy) is 3. The normalized spacial score (nSPS) is 17.3. The molecule has 0 spiro atoms. The Morgan fingerprint density at radius 2 is 1.62 bits per heavy atom. The molecule has 1 aliphatic heterocycles. The molecule has 1 N–H and O–H groups in total. The van der Waals surface area contributed by atoms with Gasteiger partial charge in [-0.3, -0.25) is 4.90 Å². The van der Waals surface area contributed by atoms with Crippen molar-refractivity contribution < 1.29 is 14.2 Å². The molecule has 0 aliphatic carbocycles. The fourth-order valence-corrected chi connectivity index (χ4v) is 2.99. The predicted molar refractivity (Wildman–Crippen MR) is 83.6 cm³/mol. The van der Waals surface area contributed by atoms with Crippen LogP contribution in [0.5, 0.6) is 17.2 Å². The Balaban J connectivity index is 2.36. The Hall–Kier alpha value is -1.46. The van der Waals surface area contributed by atoms with Crippen molar-refractivity contribution in [3.63, 3.8) is 0 Å². The van der Waals surface area contributed by atoms with Crippen LogP contribution in [0, 0.1) is 0 Å².